The van der Waals surface area contributed by atoms with Crippen LogP contribution in [-0.4, -0.2) is 42.9 Å². The highest BCUT2D eigenvalue weighted by Crippen LogP contribution is 2.28. The molecule has 1 aliphatic rings. The van der Waals surface area contributed by atoms with Crippen molar-refractivity contribution in [3.8, 4) is 0 Å². The van der Waals surface area contributed by atoms with Gasteiger partial charge in [-0.15, -0.1) is 0 Å². The van der Waals surface area contributed by atoms with Gasteiger partial charge in [-0.3, -0.25) is 4.79 Å². The molecular weight excluding hydrogens is 311 g/mol. The van der Waals surface area contributed by atoms with Gasteiger partial charge in [0.15, 0.2) is 0 Å². The van der Waals surface area contributed by atoms with Crippen LogP contribution < -0.4 is 5.32 Å². The fourth-order valence-electron chi connectivity index (χ4n) is 3.43. The lowest BCUT2D eigenvalue weighted by molar-refractivity contribution is -0.130. The van der Waals surface area contributed by atoms with Crippen molar-refractivity contribution in [3.63, 3.8) is 0 Å². The lowest BCUT2D eigenvalue weighted by Crippen LogP contribution is -2.55. The molecule has 5 nitrogen and oxygen atoms in total. The number of halogens is 1. The molecule has 130 valence electrons. The number of benzene rings is 1. The van der Waals surface area contributed by atoms with Crippen LogP contribution in [0.4, 0.5) is 4.39 Å². The van der Waals surface area contributed by atoms with Gasteiger partial charge in [-0.25, -0.2) is 4.39 Å². The molecule has 0 aliphatic carbocycles. The topological polar surface area (TPSA) is 63.3 Å². The van der Waals surface area contributed by atoms with Gasteiger partial charge >= 0.3 is 0 Å². The third-order valence-corrected chi connectivity index (χ3v) is 4.99. The first kappa shape index (κ1) is 16.9. The fourth-order valence-corrected chi connectivity index (χ4v) is 3.43. The molecule has 1 aromatic heterocycles. The molecule has 3 rings (SSSR count). The number of carbonyl (C=O) groups is 1. The van der Waals surface area contributed by atoms with Gasteiger partial charge in [0.05, 0.1) is 18.1 Å². The molecule has 2 aromatic rings. The number of aromatic amines is 1. The predicted molar refractivity (Wildman–Crippen MR) is 89.4 cm³/mol. The van der Waals surface area contributed by atoms with Crippen LogP contribution in [0.25, 0.3) is 10.9 Å². The average molecular weight is 334 g/mol. The van der Waals surface area contributed by atoms with Crippen LogP contribution in [0.15, 0.2) is 24.4 Å². The Labute approximate surface area is 140 Å². The van der Waals surface area contributed by atoms with Crippen LogP contribution in [-0.2, 0) is 20.7 Å². The van der Waals surface area contributed by atoms with Crippen molar-refractivity contribution in [1.82, 2.24) is 10.3 Å². The maximum Gasteiger partial charge on any atom is 0.224 e. The zero-order chi connectivity index (χ0) is 17.2. The molecule has 1 aliphatic heterocycles. The third-order valence-electron chi connectivity index (χ3n) is 4.99. The highest BCUT2D eigenvalue weighted by Gasteiger charge is 2.38. The van der Waals surface area contributed by atoms with Gasteiger partial charge in [0, 0.05) is 50.3 Å². The Balaban J connectivity index is 1.68. The first-order valence-corrected chi connectivity index (χ1v) is 8.22. The summed E-state index contributed by atoms with van der Waals surface area (Å²) in [5, 5.41) is 3.92. The van der Waals surface area contributed by atoms with E-state index in [0.717, 1.165) is 23.8 Å². The minimum absolute atomic E-state index is 0.0735. The number of carbonyl (C=O) groups excluding carboxylic acids is 1. The zero-order valence-corrected chi connectivity index (χ0v) is 14.0. The number of amides is 1. The van der Waals surface area contributed by atoms with Crippen molar-refractivity contribution in [2.24, 2.45) is 0 Å². The molecule has 0 spiro atoms. The quantitative estimate of drug-likeness (QED) is 0.883. The number of hydrogen-bond donors (Lipinski definition) is 2. The molecule has 1 saturated heterocycles. The number of ether oxygens (including phenoxy) is 2. The van der Waals surface area contributed by atoms with E-state index < -0.39 is 0 Å². The molecule has 2 heterocycles. The summed E-state index contributed by atoms with van der Waals surface area (Å²) in [5.41, 5.74) is 1.17. The molecule has 0 radical (unpaired) electrons. The standard InChI is InChI=1S/C18H23FN2O3/c1-12(18(23-2)5-7-24-8-6-18)21-17(22)9-13-11-20-16-10-14(19)3-4-15(13)16/h3-4,10-12,20H,5-9H2,1-2H3,(H,21,22). The number of H-pyrrole nitrogens is 1. The van der Waals surface area contributed by atoms with E-state index >= 15 is 0 Å². The Morgan fingerprint density at radius 3 is 2.92 bits per heavy atom. The molecule has 6 heteroatoms. The first-order chi connectivity index (χ1) is 11.5. The minimum Gasteiger partial charge on any atom is -0.381 e. The van der Waals surface area contributed by atoms with E-state index in [4.69, 9.17) is 9.47 Å². The van der Waals surface area contributed by atoms with E-state index in [1.54, 1.807) is 19.4 Å². The van der Waals surface area contributed by atoms with Crippen molar-refractivity contribution >= 4 is 16.8 Å². The smallest absolute Gasteiger partial charge is 0.224 e. The van der Waals surface area contributed by atoms with E-state index in [9.17, 15) is 9.18 Å². The molecular formula is C18H23FN2O3. The SMILES string of the molecule is COC1(C(C)NC(=O)Cc2c[nH]c3cc(F)ccc23)CCOCC1. The number of rotatable bonds is 5. The van der Waals surface area contributed by atoms with Gasteiger partial charge in [0.2, 0.25) is 5.91 Å². The molecule has 0 saturated carbocycles. The van der Waals surface area contributed by atoms with E-state index in [1.165, 1.54) is 12.1 Å². The largest absolute Gasteiger partial charge is 0.381 e. The van der Waals surface area contributed by atoms with E-state index in [1.807, 2.05) is 6.92 Å². The molecule has 0 bridgehead atoms. The fraction of sp³-hybridized carbons (Fsp3) is 0.500. The van der Waals surface area contributed by atoms with Crippen LogP contribution in [0.3, 0.4) is 0 Å². The van der Waals surface area contributed by atoms with E-state index in [0.29, 0.717) is 18.7 Å². The Hall–Kier alpha value is -1.92. The summed E-state index contributed by atoms with van der Waals surface area (Å²) >= 11 is 0. The summed E-state index contributed by atoms with van der Waals surface area (Å²) in [7, 11) is 1.68. The summed E-state index contributed by atoms with van der Waals surface area (Å²) in [4.78, 5) is 15.5. The van der Waals surface area contributed by atoms with Crippen LogP contribution >= 0.6 is 0 Å². The number of methoxy groups -OCH3 is 1. The Kier molecular flexibility index (Phi) is 4.87. The molecule has 1 aromatic carbocycles. The summed E-state index contributed by atoms with van der Waals surface area (Å²) in [5.74, 6) is -0.369. The number of aromatic nitrogens is 1. The van der Waals surface area contributed by atoms with Gasteiger partial charge in [0.1, 0.15) is 5.82 Å². The van der Waals surface area contributed by atoms with Crippen LogP contribution in [0.5, 0.6) is 0 Å². The highest BCUT2D eigenvalue weighted by atomic mass is 19.1. The van der Waals surface area contributed by atoms with Crippen molar-refractivity contribution < 1.29 is 18.7 Å². The van der Waals surface area contributed by atoms with E-state index in [2.05, 4.69) is 10.3 Å². The van der Waals surface area contributed by atoms with Gasteiger partial charge < -0.3 is 19.8 Å². The number of hydrogen-bond acceptors (Lipinski definition) is 3. The summed E-state index contributed by atoms with van der Waals surface area (Å²) in [6.07, 6.45) is 3.52. The van der Waals surface area contributed by atoms with Gasteiger partial charge in [-0.1, -0.05) is 0 Å². The van der Waals surface area contributed by atoms with Crippen LogP contribution in [0.1, 0.15) is 25.3 Å². The van der Waals surface area contributed by atoms with Crippen molar-refractivity contribution in [2.45, 2.75) is 37.8 Å². The lowest BCUT2D eigenvalue weighted by Gasteiger charge is -2.41. The molecule has 1 amide bonds. The summed E-state index contributed by atoms with van der Waals surface area (Å²) in [6, 6.07) is 4.42. The molecule has 1 unspecified atom stereocenters. The average Bonchev–Trinajstić information content (AvgIpc) is 2.97. The molecule has 1 fully saturated rings. The Morgan fingerprint density at radius 2 is 2.21 bits per heavy atom. The molecule has 1 atom stereocenters. The van der Waals surface area contributed by atoms with Gasteiger partial charge in [-0.2, -0.15) is 0 Å². The molecule has 24 heavy (non-hydrogen) atoms. The minimum atomic E-state index is -0.378. The highest BCUT2D eigenvalue weighted by molar-refractivity contribution is 5.89. The third kappa shape index (κ3) is 3.30. The zero-order valence-electron chi connectivity index (χ0n) is 14.0. The second kappa shape index (κ2) is 6.91. The number of fused-ring (bicyclic) bond motifs is 1. The normalized spacial score (nSPS) is 18.5. The lowest BCUT2D eigenvalue weighted by atomic mass is 9.86. The van der Waals surface area contributed by atoms with Gasteiger partial charge in [0.25, 0.3) is 0 Å². The Bertz CT molecular complexity index is 722. The summed E-state index contributed by atoms with van der Waals surface area (Å²) in [6.45, 7) is 3.25. The van der Waals surface area contributed by atoms with Crippen molar-refractivity contribution in [1.29, 1.82) is 0 Å². The monoisotopic (exact) mass is 334 g/mol. The molecule has 2 N–H and O–H groups in total. The second-order valence-corrected chi connectivity index (χ2v) is 6.35. The predicted octanol–water partition coefficient (Wildman–Crippen LogP) is 2.55. The maximum atomic E-state index is 13.2. The van der Waals surface area contributed by atoms with E-state index in [-0.39, 0.29) is 29.8 Å². The number of nitrogens with one attached hydrogen (secondary N) is 2. The Morgan fingerprint density at radius 1 is 1.46 bits per heavy atom. The summed E-state index contributed by atoms with van der Waals surface area (Å²) < 4.78 is 24.4. The van der Waals surface area contributed by atoms with Crippen molar-refractivity contribution in [2.75, 3.05) is 20.3 Å². The van der Waals surface area contributed by atoms with Crippen molar-refractivity contribution in [3.05, 3.63) is 35.8 Å². The first-order valence-electron chi connectivity index (χ1n) is 8.22. The maximum absolute atomic E-state index is 13.2. The second-order valence-electron chi connectivity index (χ2n) is 6.35. The van der Waals surface area contributed by atoms with Crippen LogP contribution in [0.2, 0.25) is 0 Å². The van der Waals surface area contributed by atoms with Gasteiger partial charge in [-0.05, 0) is 30.7 Å². The van der Waals surface area contributed by atoms with Crippen LogP contribution in [0, 0.1) is 5.82 Å².